The van der Waals surface area contributed by atoms with Crippen molar-refractivity contribution < 1.29 is 13.6 Å². The van der Waals surface area contributed by atoms with Crippen molar-refractivity contribution in [2.45, 2.75) is 0 Å². The minimum atomic E-state index is -2.19. The molecule has 0 aromatic heterocycles. The van der Waals surface area contributed by atoms with E-state index in [1.165, 1.54) is 0 Å². The van der Waals surface area contributed by atoms with Crippen LogP contribution in [0.5, 0.6) is 17.2 Å². The van der Waals surface area contributed by atoms with E-state index >= 15 is 0 Å². The quantitative estimate of drug-likeness (QED) is 0.305. The minimum absolute atomic E-state index is 0.170. The van der Waals surface area contributed by atoms with Gasteiger partial charge < -0.3 is 13.6 Å². The Balaban J connectivity index is 1.98. The first kappa shape index (κ1) is 21.9. The predicted molar refractivity (Wildman–Crippen MR) is 118 cm³/mol. The number of hydrogen-bond acceptors (Lipinski definition) is 3. The molecule has 0 aliphatic carbocycles. The van der Waals surface area contributed by atoms with Gasteiger partial charge in [-0.1, -0.05) is 87.8 Å². The van der Waals surface area contributed by atoms with Gasteiger partial charge in [0.05, 0.1) is 30.1 Å². The van der Waals surface area contributed by atoms with Gasteiger partial charge in [0.15, 0.2) is 17.2 Å². The average molecular weight is 517 g/mol. The van der Waals surface area contributed by atoms with Gasteiger partial charge in [-0.3, -0.25) is 0 Å². The zero-order valence-corrected chi connectivity index (χ0v) is 19.1. The second kappa shape index (κ2) is 9.82. The fourth-order valence-electron chi connectivity index (χ4n) is 1.99. The maximum Gasteiger partial charge on any atom is 0.530 e. The molecule has 0 radical (unpaired) electrons. The Labute approximate surface area is 192 Å². The van der Waals surface area contributed by atoms with Crippen molar-refractivity contribution in [2.75, 3.05) is 0 Å². The molecule has 0 N–H and O–H groups in total. The van der Waals surface area contributed by atoms with Crippen LogP contribution in [0.15, 0.2) is 54.6 Å². The number of halogens is 6. The van der Waals surface area contributed by atoms with Crippen LogP contribution in [-0.2, 0) is 0 Å². The lowest BCUT2D eigenvalue weighted by atomic mass is 10.3. The second-order valence-corrected chi connectivity index (χ2v) is 8.59. The van der Waals surface area contributed by atoms with Gasteiger partial charge in [-0.05, 0) is 36.4 Å². The molecule has 3 aromatic rings. The molecule has 3 nitrogen and oxygen atoms in total. The van der Waals surface area contributed by atoms with Gasteiger partial charge in [0.2, 0.25) is 0 Å². The third-order valence-corrected chi connectivity index (χ3v) is 6.03. The van der Waals surface area contributed by atoms with E-state index < -0.39 is 8.60 Å². The van der Waals surface area contributed by atoms with Gasteiger partial charge in [-0.2, -0.15) is 0 Å². The van der Waals surface area contributed by atoms with Crippen molar-refractivity contribution in [3.8, 4) is 17.2 Å². The molecule has 10 heteroatoms. The van der Waals surface area contributed by atoms with Gasteiger partial charge in [0.1, 0.15) is 0 Å². The van der Waals surface area contributed by atoms with Gasteiger partial charge >= 0.3 is 8.60 Å². The van der Waals surface area contributed by atoms with E-state index in [0.29, 0.717) is 0 Å². The first-order valence-corrected chi connectivity index (χ1v) is 10.9. The summed E-state index contributed by atoms with van der Waals surface area (Å²) in [5, 5.41) is 1.60. The van der Waals surface area contributed by atoms with Crippen LogP contribution in [0, 0.1) is 0 Å². The van der Waals surface area contributed by atoms with Gasteiger partial charge in [0, 0.05) is 0 Å². The highest BCUT2D eigenvalue weighted by atomic mass is 35.5. The summed E-state index contributed by atoms with van der Waals surface area (Å²) in [6.45, 7) is 0. The first-order chi connectivity index (χ1) is 13.4. The summed E-state index contributed by atoms with van der Waals surface area (Å²) in [5.41, 5.74) is 0. The van der Waals surface area contributed by atoms with E-state index in [4.69, 9.17) is 83.2 Å². The molecule has 0 heterocycles. The van der Waals surface area contributed by atoms with Gasteiger partial charge in [0.25, 0.3) is 0 Å². The molecule has 0 aliphatic rings. The van der Waals surface area contributed by atoms with E-state index in [0.717, 1.165) is 0 Å². The van der Waals surface area contributed by atoms with Crippen LogP contribution in [0.3, 0.4) is 0 Å². The third-order valence-electron chi connectivity index (χ3n) is 3.25. The summed E-state index contributed by atoms with van der Waals surface area (Å²) in [5.74, 6) is 0.509. The lowest BCUT2D eigenvalue weighted by Crippen LogP contribution is -2.04. The second-order valence-electron chi connectivity index (χ2n) is 5.15. The van der Waals surface area contributed by atoms with E-state index in [-0.39, 0.29) is 47.4 Å². The molecule has 0 bridgehead atoms. The predicted octanol–water partition coefficient (Wildman–Crippen LogP) is 9.37. The fourth-order valence-corrected chi connectivity index (χ4v) is 4.88. The SMILES string of the molecule is Clc1cccc(Cl)c1OP(Oc1c(Cl)cccc1Cl)Oc1c(Cl)cccc1Cl. The Morgan fingerprint density at radius 1 is 0.429 bits per heavy atom. The Morgan fingerprint density at radius 3 is 0.857 bits per heavy atom. The zero-order chi connectivity index (χ0) is 20.3. The zero-order valence-electron chi connectivity index (χ0n) is 13.6. The lowest BCUT2D eigenvalue weighted by Gasteiger charge is -2.21. The minimum Gasteiger partial charge on any atom is -0.405 e. The molecule has 0 saturated carbocycles. The van der Waals surface area contributed by atoms with Crippen LogP contribution in [0.4, 0.5) is 0 Å². The number of para-hydroxylation sites is 3. The average Bonchev–Trinajstić information content (AvgIpc) is 2.64. The van der Waals surface area contributed by atoms with Crippen LogP contribution in [0.1, 0.15) is 0 Å². The molecular weight excluding hydrogens is 508 g/mol. The number of benzene rings is 3. The Bertz CT molecular complexity index is 813. The van der Waals surface area contributed by atoms with E-state index in [9.17, 15) is 0 Å². The van der Waals surface area contributed by atoms with Crippen LogP contribution in [-0.4, -0.2) is 0 Å². The molecule has 3 aromatic carbocycles. The van der Waals surface area contributed by atoms with Crippen molar-refractivity contribution in [1.82, 2.24) is 0 Å². The van der Waals surface area contributed by atoms with Crippen molar-refractivity contribution in [1.29, 1.82) is 0 Å². The van der Waals surface area contributed by atoms with E-state index in [2.05, 4.69) is 0 Å². The third kappa shape index (κ3) is 5.23. The normalized spacial score (nSPS) is 10.8. The van der Waals surface area contributed by atoms with Crippen molar-refractivity contribution in [3.05, 3.63) is 84.7 Å². The molecule has 0 amide bonds. The van der Waals surface area contributed by atoms with E-state index in [1.807, 2.05) is 0 Å². The van der Waals surface area contributed by atoms with Crippen molar-refractivity contribution in [3.63, 3.8) is 0 Å². The van der Waals surface area contributed by atoms with Crippen LogP contribution in [0.2, 0.25) is 30.1 Å². The molecule has 146 valence electrons. The molecule has 0 fully saturated rings. The monoisotopic (exact) mass is 514 g/mol. The van der Waals surface area contributed by atoms with Crippen LogP contribution < -0.4 is 13.6 Å². The largest absolute Gasteiger partial charge is 0.530 e. The Kier molecular flexibility index (Phi) is 7.69. The lowest BCUT2D eigenvalue weighted by molar-refractivity contribution is 0.388. The fraction of sp³-hybridized carbons (Fsp3) is 0. The summed E-state index contributed by atoms with van der Waals surface area (Å²) in [6.07, 6.45) is 0. The standard InChI is InChI=1S/C18H9Cl6O3P/c19-10-4-1-5-11(20)16(10)25-28(26-17-12(21)6-2-7-13(17)22)27-18-14(23)8-3-9-15(18)24/h1-9H. The highest BCUT2D eigenvalue weighted by Crippen LogP contribution is 2.51. The summed E-state index contributed by atoms with van der Waals surface area (Å²) < 4.78 is 17.5. The van der Waals surface area contributed by atoms with Gasteiger partial charge in [-0.25, -0.2) is 0 Å². The van der Waals surface area contributed by atoms with E-state index in [1.54, 1.807) is 54.6 Å². The maximum absolute atomic E-state index is 6.19. The molecule has 0 aliphatic heterocycles. The molecule has 0 unspecified atom stereocenters. The highest BCUT2D eigenvalue weighted by Gasteiger charge is 2.27. The molecule has 28 heavy (non-hydrogen) atoms. The first-order valence-electron chi connectivity index (χ1n) is 7.53. The van der Waals surface area contributed by atoms with Crippen molar-refractivity contribution in [2.24, 2.45) is 0 Å². The molecule has 0 atom stereocenters. The van der Waals surface area contributed by atoms with Crippen LogP contribution in [0.25, 0.3) is 0 Å². The highest BCUT2D eigenvalue weighted by molar-refractivity contribution is 7.43. The summed E-state index contributed by atoms with van der Waals surface area (Å²) in [4.78, 5) is 0. The Hall–Kier alpha value is -0.770. The topological polar surface area (TPSA) is 27.7 Å². The molecule has 0 spiro atoms. The summed E-state index contributed by atoms with van der Waals surface area (Å²) in [6, 6.07) is 14.7. The van der Waals surface area contributed by atoms with Crippen LogP contribution >= 0.6 is 78.2 Å². The smallest absolute Gasteiger partial charge is 0.405 e. The summed E-state index contributed by atoms with van der Waals surface area (Å²) >= 11 is 37.1. The number of rotatable bonds is 6. The maximum atomic E-state index is 6.19. The van der Waals surface area contributed by atoms with Gasteiger partial charge in [-0.15, -0.1) is 0 Å². The molecule has 0 saturated heterocycles. The molecule has 3 rings (SSSR count). The molecular formula is C18H9Cl6O3P. The number of hydrogen-bond donors (Lipinski definition) is 0. The Morgan fingerprint density at radius 2 is 0.643 bits per heavy atom. The van der Waals surface area contributed by atoms with Crippen molar-refractivity contribution >= 4 is 78.2 Å². The summed E-state index contributed by atoms with van der Waals surface area (Å²) in [7, 11) is -2.19.